The largest absolute Gasteiger partial charge is 0.256 e. The van der Waals surface area contributed by atoms with Crippen LogP contribution >= 0.6 is 0 Å². The predicted octanol–water partition coefficient (Wildman–Crippen LogP) is 6.39. The summed E-state index contributed by atoms with van der Waals surface area (Å²) in [6.07, 6.45) is 7.34. The Balaban J connectivity index is 1.52. The summed E-state index contributed by atoms with van der Waals surface area (Å²) < 4.78 is 0. The third-order valence-corrected chi connectivity index (χ3v) is 5.44. The second kappa shape index (κ2) is 7.23. The highest BCUT2D eigenvalue weighted by atomic mass is 14.7. The lowest BCUT2D eigenvalue weighted by molar-refractivity contribution is 0.513. The van der Waals surface area contributed by atoms with Crippen LogP contribution in [0.2, 0.25) is 0 Å². The fourth-order valence-electron chi connectivity index (χ4n) is 4.05. The number of pyridine rings is 1. The van der Waals surface area contributed by atoms with E-state index in [1.807, 2.05) is 12.3 Å². The minimum Gasteiger partial charge on any atom is -0.256 e. The first-order valence-corrected chi connectivity index (χ1v) is 9.39. The van der Waals surface area contributed by atoms with Crippen LogP contribution in [0.15, 0.2) is 72.9 Å². The van der Waals surface area contributed by atoms with Crippen molar-refractivity contribution in [1.82, 2.24) is 4.98 Å². The Kier molecular flexibility index (Phi) is 4.65. The van der Waals surface area contributed by atoms with Crippen LogP contribution in [0.3, 0.4) is 0 Å². The van der Waals surface area contributed by atoms with E-state index in [9.17, 15) is 0 Å². The summed E-state index contributed by atoms with van der Waals surface area (Å²) in [5.74, 6) is 1.80. The first kappa shape index (κ1) is 16.1. The van der Waals surface area contributed by atoms with Crippen molar-refractivity contribution >= 4 is 0 Å². The lowest BCUT2D eigenvalue weighted by atomic mass is 9.95. The van der Waals surface area contributed by atoms with Crippen LogP contribution in [-0.4, -0.2) is 4.98 Å². The van der Waals surface area contributed by atoms with E-state index in [-0.39, 0.29) is 0 Å². The number of benzene rings is 2. The van der Waals surface area contributed by atoms with Gasteiger partial charge in [0, 0.05) is 11.8 Å². The highest BCUT2D eigenvalue weighted by Gasteiger charge is 2.21. The first-order chi connectivity index (χ1) is 12.3. The summed E-state index contributed by atoms with van der Waals surface area (Å²) in [6.45, 7) is 2.39. The Morgan fingerprint density at radius 1 is 0.840 bits per heavy atom. The quantitative estimate of drug-likeness (QED) is 0.540. The van der Waals surface area contributed by atoms with Crippen LogP contribution in [-0.2, 0) is 6.42 Å². The molecule has 1 heteroatoms. The van der Waals surface area contributed by atoms with E-state index >= 15 is 0 Å². The van der Waals surface area contributed by atoms with Gasteiger partial charge < -0.3 is 0 Å². The van der Waals surface area contributed by atoms with Crippen molar-refractivity contribution in [3.05, 3.63) is 78.5 Å². The topological polar surface area (TPSA) is 12.9 Å². The molecule has 1 aromatic heterocycles. The summed E-state index contributed by atoms with van der Waals surface area (Å²) in [5.41, 5.74) is 6.16. The zero-order valence-electron chi connectivity index (χ0n) is 14.9. The first-order valence-electron chi connectivity index (χ1n) is 9.39. The van der Waals surface area contributed by atoms with Gasteiger partial charge in [-0.05, 0) is 59.9 Å². The van der Waals surface area contributed by atoms with Crippen molar-refractivity contribution in [2.24, 2.45) is 11.8 Å². The third kappa shape index (κ3) is 3.82. The number of hydrogen-bond acceptors (Lipinski definition) is 1. The maximum absolute atomic E-state index is 4.53. The van der Waals surface area contributed by atoms with Crippen molar-refractivity contribution in [1.29, 1.82) is 0 Å². The van der Waals surface area contributed by atoms with Gasteiger partial charge in [0.1, 0.15) is 0 Å². The van der Waals surface area contributed by atoms with E-state index in [1.54, 1.807) is 0 Å². The van der Waals surface area contributed by atoms with E-state index < -0.39 is 0 Å². The van der Waals surface area contributed by atoms with E-state index in [4.69, 9.17) is 0 Å². The fraction of sp³-hybridized carbons (Fsp3) is 0.292. The van der Waals surface area contributed by atoms with E-state index in [1.165, 1.54) is 42.4 Å². The molecule has 0 N–H and O–H groups in total. The van der Waals surface area contributed by atoms with Crippen LogP contribution in [0.1, 0.15) is 31.7 Å². The maximum atomic E-state index is 4.53. The zero-order valence-corrected chi connectivity index (χ0v) is 14.9. The van der Waals surface area contributed by atoms with Crippen LogP contribution in [0.5, 0.6) is 0 Å². The molecule has 1 aliphatic carbocycles. The molecule has 3 aromatic rings. The van der Waals surface area contributed by atoms with Gasteiger partial charge >= 0.3 is 0 Å². The van der Waals surface area contributed by atoms with Gasteiger partial charge in [-0.25, -0.2) is 0 Å². The van der Waals surface area contributed by atoms with E-state index in [0.717, 1.165) is 23.1 Å². The van der Waals surface area contributed by atoms with Gasteiger partial charge in [-0.1, -0.05) is 67.9 Å². The molecule has 0 radical (unpaired) electrons. The van der Waals surface area contributed by atoms with Crippen molar-refractivity contribution in [2.45, 2.75) is 32.6 Å². The maximum Gasteiger partial charge on any atom is 0.0708 e. The SMILES string of the molecule is CC1CCC(Cc2ccc(-c3ccnc(-c4ccccc4)c3)cc2)C1. The average molecular weight is 327 g/mol. The molecule has 1 fully saturated rings. The molecule has 0 aliphatic heterocycles. The van der Waals surface area contributed by atoms with Gasteiger partial charge in [0.15, 0.2) is 0 Å². The van der Waals surface area contributed by atoms with Crippen molar-refractivity contribution in [3.63, 3.8) is 0 Å². The molecule has 2 unspecified atom stereocenters. The standard InChI is InChI=1S/C24H25N/c1-18-7-8-20(15-18)16-19-9-11-21(12-10-19)23-13-14-25-24(17-23)22-5-3-2-4-6-22/h2-6,9-14,17-18,20H,7-8,15-16H2,1H3. The molecule has 126 valence electrons. The van der Waals surface area contributed by atoms with Gasteiger partial charge in [0.25, 0.3) is 0 Å². The van der Waals surface area contributed by atoms with Gasteiger partial charge in [0.2, 0.25) is 0 Å². The number of hydrogen-bond donors (Lipinski definition) is 0. The van der Waals surface area contributed by atoms with Gasteiger partial charge in [-0.2, -0.15) is 0 Å². The molecule has 4 rings (SSSR count). The molecule has 2 aromatic carbocycles. The Morgan fingerprint density at radius 2 is 1.64 bits per heavy atom. The Hall–Kier alpha value is -2.41. The number of aromatic nitrogens is 1. The summed E-state index contributed by atoms with van der Waals surface area (Å²) in [6, 6.07) is 23.8. The fourth-order valence-corrected chi connectivity index (χ4v) is 4.05. The summed E-state index contributed by atoms with van der Waals surface area (Å²) in [7, 11) is 0. The lowest BCUT2D eigenvalue weighted by Gasteiger charge is -2.11. The highest BCUT2D eigenvalue weighted by molar-refractivity contribution is 5.70. The molecule has 1 nitrogen and oxygen atoms in total. The van der Waals surface area contributed by atoms with Gasteiger partial charge in [-0.15, -0.1) is 0 Å². The van der Waals surface area contributed by atoms with Gasteiger partial charge in [0.05, 0.1) is 5.69 Å². The molecule has 0 amide bonds. The van der Waals surface area contributed by atoms with E-state index in [0.29, 0.717) is 0 Å². The smallest absolute Gasteiger partial charge is 0.0708 e. The summed E-state index contributed by atoms with van der Waals surface area (Å²) >= 11 is 0. The molecule has 0 saturated heterocycles. The Morgan fingerprint density at radius 3 is 2.36 bits per heavy atom. The zero-order chi connectivity index (χ0) is 17.1. The third-order valence-electron chi connectivity index (χ3n) is 5.44. The Labute approximate surface area is 150 Å². The molecule has 1 saturated carbocycles. The molecule has 1 aliphatic rings. The minimum absolute atomic E-state index is 0.881. The normalized spacial score (nSPS) is 19.9. The Bertz CT molecular complexity index is 820. The van der Waals surface area contributed by atoms with Crippen molar-refractivity contribution in [2.75, 3.05) is 0 Å². The average Bonchev–Trinajstić information content (AvgIpc) is 3.08. The second-order valence-electron chi connectivity index (χ2n) is 7.48. The lowest BCUT2D eigenvalue weighted by Crippen LogP contribution is -1.99. The summed E-state index contributed by atoms with van der Waals surface area (Å²) in [4.78, 5) is 4.53. The number of rotatable bonds is 4. The molecule has 0 spiro atoms. The molecular formula is C24H25N. The van der Waals surface area contributed by atoms with Crippen LogP contribution < -0.4 is 0 Å². The molecular weight excluding hydrogens is 302 g/mol. The molecule has 2 atom stereocenters. The van der Waals surface area contributed by atoms with Crippen LogP contribution in [0.4, 0.5) is 0 Å². The van der Waals surface area contributed by atoms with Crippen LogP contribution in [0.25, 0.3) is 22.4 Å². The summed E-state index contributed by atoms with van der Waals surface area (Å²) in [5, 5.41) is 0. The molecule has 25 heavy (non-hydrogen) atoms. The van der Waals surface area contributed by atoms with E-state index in [2.05, 4.69) is 72.6 Å². The second-order valence-corrected chi connectivity index (χ2v) is 7.48. The van der Waals surface area contributed by atoms with Crippen molar-refractivity contribution < 1.29 is 0 Å². The minimum atomic E-state index is 0.881. The molecule has 1 heterocycles. The van der Waals surface area contributed by atoms with Crippen molar-refractivity contribution in [3.8, 4) is 22.4 Å². The predicted molar refractivity (Wildman–Crippen MR) is 105 cm³/mol. The van der Waals surface area contributed by atoms with Gasteiger partial charge in [-0.3, -0.25) is 4.98 Å². The number of nitrogens with zero attached hydrogens (tertiary/aromatic N) is 1. The highest BCUT2D eigenvalue weighted by Crippen LogP contribution is 2.33. The monoisotopic (exact) mass is 327 g/mol. The molecule has 0 bridgehead atoms. The van der Waals surface area contributed by atoms with Crippen LogP contribution in [0, 0.1) is 11.8 Å².